The summed E-state index contributed by atoms with van der Waals surface area (Å²) in [4.78, 5) is 31.4. The third-order valence-electron chi connectivity index (χ3n) is 7.55. The molecule has 1 amide bonds. The van der Waals surface area contributed by atoms with Crippen molar-refractivity contribution in [1.82, 2.24) is 29.9 Å². The number of aryl methyl sites for hydroxylation is 1. The molecule has 0 aliphatic carbocycles. The van der Waals surface area contributed by atoms with E-state index in [4.69, 9.17) is 9.40 Å². The lowest BCUT2D eigenvalue weighted by Gasteiger charge is -2.17. The molecule has 0 unspecified atom stereocenters. The van der Waals surface area contributed by atoms with Gasteiger partial charge in [-0.3, -0.25) is 9.59 Å². The van der Waals surface area contributed by atoms with Gasteiger partial charge in [0.05, 0.1) is 34.1 Å². The van der Waals surface area contributed by atoms with Crippen LogP contribution >= 0.6 is 0 Å². The minimum Gasteiger partial charge on any atom is -0.437 e. The van der Waals surface area contributed by atoms with Crippen LogP contribution < -0.4 is 5.32 Å². The predicted molar refractivity (Wildman–Crippen MR) is 171 cm³/mol. The smallest absolute Gasteiger partial charge is 0.419 e. The van der Waals surface area contributed by atoms with Crippen LogP contribution in [0.25, 0.3) is 45.1 Å². The van der Waals surface area contributed by atoms with Crippen molar-refractivity contribution in [3.8, 4) is 34.0 Å². The lowest BCUT2D eigenvalue weighted by Crippen LogP contribution is -2.18. The number of Topliss-reactive ketones (excluding diaryl/α,β-unsaturated/α-hetero) is 1. The Morgan fingerprint density at radius 1 is 0.957 bits per heavy atom. The molecule has 0 aliphatic heterocycles. The zero-order valence-corrected chi connectivity index (χ0v) is 26.3. The number of hydrogen-bond acceptors (Lipinski definition) is 6. The van der Waals surface area contributed by atoms with Crippen molar-refractivity contribution in [2.75, 3.05) is 7.05 Å². The third kappa shape index (κ3) is 6.31. The van der Waals surface area contributed by atoms with Gasteiger partial charge in [0.1, 0.15) is 5.76 Å². The van der Waals surface area contributed by atoms with E-state index in [9.17, 15) is 22.8 Å². The molecule has 0 saturated heterocycles. The average Bonchev–Trinajstić information content (AvgIpc) is 3.78. The van der Waals surface area contributed by atoms with Crippen LogP contribution in [0.4, 0.5) is 13.2 Å². The summed E-state index contributed by atoms with van der Waals surface area (Å²) in [7, 11) is 1.50. The number of nitrogens with one attached hydrogen (secondary N) is 1. The Balaban J connectivity index is 1.50. The summed E-state index contributed by atoms with van der Waals surface area (Å²) in [5.41, 5.74) is 2.88. The Morgan fingerprint density at radius 2 is 1.70 bits per heavy atom. The van der Waals surface area contributed by atoms with Crippen molar-refractivity contribution in [2.45, 2.75) is 40.3 Å². The Bertz CT molecular complexity index is 2130. The minimum absolute atomic E-state index is 0.00899. The molecule has 6 aromatic rings. The molecule has 0 fully saturated rings. The van der Waals surface area contributed by atoms with E-state index in [1.807, 2.05) is 52.0 Å². The van der Waals surface area contributed by atoms with Crippen molar-refractivity contribution in [3.05, 3.63) is 102 Å². The fraction of sp³-hybridized carbons (Fsp3) is 0.229. The number of amides is 1. The molecule has 47 heavy (non-hydrogen) atoms. The number of furan rings is 1. The summed E-state index contributed by atoms with van der Waals surface area (Å²) in [6, 6.07) is 17.4. The van der Waals surface area contributed by atoms with E-state index < -0.39 is 17.6 Å². The Kier molecular flexibility index (Phi) is 7.82. The largest absolute Gasteiger partial charge is 0.437 e. The molecular formula is C35H31F3N6O3. The molecular weight excluding hydrogens is 609 g/mol. The molecule has 9 nitrogen and oxygen atoms in total. The third-order valence-corrected chi connectivity index (χ3v) is 7.55. The van der Waals surface area contributed by atoms with Gasteiger partial charge in [0.25, 0.3) is 5.91 Å². The molecule has 12 heteroatoms. The number of benzene rings is 2. The van der Waals surface area contributed by atoms with Gasteiger partial charge in [-0.25, -0.2) is 9.36 Å². The van der Waals surface area contributed by atoms with Crippen LogP contribution in [-0.4, -0.2) is 43.3 Å². The first-order valence-corrected chi connectivity index (χ1v) is 14.8. The molecule has 0 spiro atoms. The van der Waals surface area contributed by atoms with Gasteiger partial charge in [0.15, 0.2) is 11.6 Å². The lowest BCUT2D eigenvalue weighted by atomic mass is 9.87. The van der Waals surface area contributed by atoms with Crippen molar-refractivity contribution in [3.63, 3.8) is 0 Å². The zero-order valence-electron chi connectivity index (χ0n) is 26.3. The van der Waals surface area contributed by atoms with Gasteiger partial charge >= 0.3 is 6.18 Å². The van der Waals surface area contributed by atoms with Crippen molar-refractivity contribution >= 4 is 22.8 Å². The van der Waals surface area contributed by atoms with Gasteiger partial charge in [-0.2, -0.15) is 28.4 Å². The number of aromatic nitrogens is 5. The number of nitrogens with zero attached hydrogens (tertiary/aromatic N) is 5. The van der Waals surface area contributed by atoms with Gasteiger partial charge in [-0.15, -0.1) is 0 Å². The van der Waals surface area contributed by atoms with Crippen molar-refractivity contribution in [2.24, 2.45) is 5.41 Å². The first-order valence-electron chi connectivity index (χ1n) is 14.8. The van der Waals surface area contributed by atoms with Gasteiger partial charge in [-0.1, -0.05) is 39.0 Å². The highest BCUT2D eigenvalue weighted by Gasteiger charge is 2.32. The predicted octanol–water partition coefficient (Wildman–Crippen LogP) is 7.84. The molecule has 240 valence electrons. The molecule has 6 rings (SSSR count). The van der Waals surface area contributed by atoms with Crippen LogP contribution in [0.3, 0.4) is 0 Å². The highest BCUT2D eigenvalue weighted by Crippen LogP contribution is 2.38. The highest BCUT2D eigenvalue weighted by atomic mass is 19.4. The highest BCUT2D eigenvalue weighted by molar-refractivity contribution is 6.11. The second kappa shape index (κ2) is 11.7. The fourth-order valence-electron chi connectivity index (χ4n) is 5.31. The standard InChI is InChI=1S/C35H31F3N6O3/c1-20-13-14-43(42-20)31-26(22-7-6-8-23(15-22)28(45)17-34(2,3)4)16-27-29(32(46)39-5)30(47-33(27)41-31)21-9-11-25(12-10-21)44-19-24(18-40-44)35(36,37)38/h6-16,18-19H,17H2,1-5H3,(H,39,46). The average molecular weight is 641 g/mol. The normalized spacial score (nSPS) is 12.1. The number of rotatable bonds is 7. The van der Waals surface area contributed by atoms with Crippen LogP contribution in [0, 0.1) is 12.3 Å². The summed E-state index contributed by atoms with van der Waals surface area (Å²) in [6.07, 6.45) is -0.717. The number of halogens is 3. The summed E-state index contributed by atoms with van der Waals surface area (Å²) >= 11 is 0. The number of carbonyl (C=O) groups is 2. The molecule has 4 heterocycles. The first-order chi connectivity index (χ1) is 22.2. The van der Waals surface area contributed by atoms with Gasteiger partial charge < -0.3 is 9.73 Å². The molecule has 0 atom stereocenters. The van der Waals surface area contributed by atoms with E-state index in [-0.39, 0.29) is 28.2 Å². The summed E-state index contributed by atoms with van der Waals surface area (Å²) in [5.74, 6) is 0.247. The number of fused-ring (bicyclic) bond motifs is 1. The monoisotopic (exact) mass is 640 g/mol. The summed E-state index contributed by atoms with van der Waals surface area (Å²) in [6.45, 7) is 7.88. The number of hydrogen-bond donors (Lipinski definition) is 1. The van der Waals surface area contributed by atoms with E-state index >= 15 is 0 Å². The first kappa shape index (κ1) is 31.5. The Labute approximate surface area is 268 Å². The quantitative estimate of drug-likeness (QED) is 0.178. The molecule has 4 aromatic heterocycles. The fourth-order valence-corrected chi connectivity index (χ4v) is 5.31. The van der Waals surface area contributed by atoms with Gasteiger partial charge in [-0.05, 0) is 60.4 Å². The number of pyridine rings is 1. The van der Waals surface area contributed by atoms with Crippen LogP contribution in [-0.2, 0) is 6.18 Å². The molecule has 0 aliphatic rings. The van der Waals surface area contributed by atoms with Crippen LogP contribution in [0.1, 0.15) is 59.2 Å². The van der Waals surface area contributed by atoms with E-state index in [1.165, 1.54) is 7.05 Å². The van der Waals surface area contributed by atoms with Gasteiger partial charge in [0.2, 0.25) is 5.71 Å². The molecule has 0 radical (unpaired) electrons. The maximum absolute atomic E-state index is 13.4. The molecule has 0 saturated carbocycles. The number of carbonyl (C=O) groups excluding carboxylic acids is 2. The second-order valence-electron chi connectivity index (χ2n) is 12.5. The Hall–Kier alpha value is -5.52. The summed E-state index contributed by atoms with van der Waals surface area (Å²) < 4.78 is 48.3. The van der Waals surface area contributed by atoms with Crippen LogP contribution in [0.15, 0.2) is 83.7 Å². The van der Waals surface area contributed by atoms with E-state index in [0.717, 1.165) is 22.8 Å². The summed E-state index contributed by atoms with van der Waals surface area (Å²) in [5, 5.41) is 11.5. The number of alkyl halides is 3. The molecule has 0 bridgehead atoms. The maximum atomic E-state index is 13.4. The van der Waals surface area contributed by atoms with Crippen LogP contribution in [0.5, 0.6) is 0 Å². The molecule has 2 aromatic carbocycles. The minimum atomic E-state index is -4.52. The maximum Gasteiger partial charge on any atom is 0.419 e. The molecule has 1 N–H and O–H groups in total. The van der Waals surface area contributed by atoms with Crippen molar-refractivity contribution < 1.29 is 27.2 Å². The number of ketones is 1. The van der Waals surface area contributed by atoms with Gasteiger partial charge in [0, 0.05) is 42.6 Å². The van der Waals surface area contributed by atoms with E-state index in [1.54, 1.807) is 47.3 Å². The topological polar surface area (TPSA) is 108 Å². The zero-order chi connectivity index (χ0) is 33.7. The Morgan fingerprint density at radius 3 is 2.32 bits per heavy atom. The van der Waals surface area contributed by atoms with Crippen LogP contribution in [0.2, 0.25) is 0 Å². The second-order valence-corrected chi connectivity index (χ2v) is 12.5. The SMILES string of the molecule is CNC(=O)c1c(-c2ccc(-n3cc(C(F)(F)F)cn3)cc2)oc2nc(-n3ccc(C)n3)c(-c3cccc(C(=O)CC(C)(C)C)c3)cc12. The lowest BCUT2D eigenvalue weighted by molar-refractivity contribution is -0.137. The van der Waals surface area contributed by atoms with E-state index in [0.29, 0.717) is 45.6 Å². The van der Waals surface area contributed by atoms with Crippen molar-refractivity contribution in [1.29, 1.82) is 0 Å². The van der Waals surface area contributed by atoms with E-state index in [2.05, 4.69) is 15.5 Å².